The predicted molar refractivity (Wildman–Crippen MR) is 147 cm³/mol. The van der Waals surface area contributed by atoms with E-state index in [0.717, 1.165) is 52.9 Å². The van der Waals surface area contributed by atoms with Gasteiger partial charge in [-0.1, -0.05) is 38.0 Å². The molecule has 0 aromatic heterocycles. The van der Waals surface area contributed by atoms with Crippen molar-refractivity contribution in [3.63, 3.8) is 0 Å². The summed E-state index contributed by atoms with van der Waals surface area (Å²) in [6.45, 7) is 7.35. The van der Waals surface area contributed by atoms with Gasteiger partial charge in [0, 0.05) is 6.54 Å². The largest absolute Gasteiger partial charge is 0.285 e. The van der Waals surface area contributed by atoms with Crippen molar-refractivity contribution in [1.82, 2.24) is 0 Å². The lowest BCUT2D eigenvalue weighted by molar-refractivity contribution is 0.577. The average Bonchev–Trinajstić information content (AvgIpc) is 2.87. The lowest BCUT2D eigenvalue weighted by Gasteiger charge is -2.06. The zero-order chi connectivity index (χ0) is 23.8. The maximum Gasteiger partial charge on any atom is 0.0638 e. The highest BCUT2D eigenvalue weighted by atomic mass is 14.8. The molecule has 2 aromatic carbocycles. The molecule has 0 fully saturated rings. The van der Waals surface area contributed by atoms with Gasteiger partial charge in [0.15, 0.2) is 0 Å². The Morgan fingerprint density at radius 3 is 1.29 bits per heavy atom. The van der Waals surface area contributed by atoms with Crippen LogP contribution in [0.5, 0.6) is 0 Å². The number of hydrogen-bond donors (Lipinski definition) is 0. The summed E-state index contributed by atoms with van der Waals surface area (Å²) < 4.78 is 0. The molecule has 0 radical (unpaired) electrons. The van der Waals surface area contributed by atoms with Crippen molar-refractivity contribution >= 4 is 39.9 Å². The number of hydrogen-bond acceptors (Lipinski definition) is 4. The van der Waals surface area contributed by atoms with E-state index in [2.05, 4.69) is 42.9 Å². The van der Waals surface area contributed by atoms with Crippen LogP contribution in [-0.2, 0) is 0 Å². The van der Waals surface area contributed by atoms with Crippen LogP contribution in [0.15, 0.2) is 117 Å². The molecule has 0 bridgehead atoms. The van der Waals surface area contributed by atoms with Crippen LogP contribution in [0.2, 0.25) is 0 Å². The summed E-state index contributed by atoms with van der Waals surface area (Å²) in [5.41, 5.74) is 7.70. The second-order valence-corrected chi connectivity index (χ2v) is 8.57. The van der Waals surface area contributed by atoms with Crippen LogP contribution in [0.4, 0.5) is 17.1 Å². The summed E-state index contributed by atoms with van der Waals surface area (Å²) in [7, 11) is 0. The first kappa shape index (κ1) is 23.2. The number of rotatable bonds is 6. The topological polar surface area (TPSA) is 49.4 Å². The van der Waals surface area contributed by atoms with Gasteiger partial charge in [-0.25, -0.2) is 15.0 Å². The summed E-state index contributed by atoms with van der Waals surface area (Å²) >= 11 is 0. The van der Waals surface area contributed by atoms with Gasteiger partial charge in [0.2, 0.25) is 0 Å². The maximum atomic E-state index is 4.71. The molecule has 2 aliphatic rings. The smallest absolute Gasteiger partial charge is 0.0638 e. The molecule has 1 atom stereocenters. The van der Waals surface area contributed by atoms with E-state index >= 15 is 0 Å². The quantitative estimate of drug-likeness (QED) is 0.409. The van der Waals surface area contributed by atoms with Gasteiger partial charge in [0.25, 0.3) is 0 Å². The van der Waals surface area contributed by atoms with Gasteiger partial charge in [-0.2, -0.15) is 0 Å². The van der Waals surface area contributed by atoms with Crippen molar-refractivity contribution in [3.05, 3.63) is 103 Å². The van der Waals surface area contributed by atoms with Crippen molar-refractivity contribution in [1.29, 1.82) is 0 Å². The Morgan fingerprint density at radius 2 is 0.912 bits per heavy atom. The summed E-state index contributed by atoms with van der Waals surface area (Å²) in [6, 6.07) is 16.1. The highest BCUT2D eigenvalue weighted by Crippen LogP contribution is 2.21. The molecule has 2 aliphatic carbocycles. The van der Waals surface area contributed by atoms with E-state index in [0.29, 0.717) is 5.92 Å². The molecule has 0 spiro atoms. The van der Waals surface area contributed by atoms with Crippen LogP contribution in [-0.4, -0.2) is 29.4 Å². The second-order valence-electron chi connectivity index (χ2n) is 8.57. The Bertz CT molecular complexity index is 1210. The summed E-state index contributed by atoms with van der Waals surface area (Å²) in [5.74, 6) is 0.611. The number of benzene rings is 2. The molecular formula is C30H30N4. The van der Waals surface area contributed by atoms with Crippen molar-refractivity contribution in [3.8, 4) is 0 Å². The van der Waals surface area contributed by atoms with E-state index in [1.807, 2.05) is 85.0 Å². The third-order valence-corrected chi connectivity index (χ3v) is 5.64. The molecule has 34 heavy (non-hydrogen) atoms. The highest BCUT2D eigenvalue weighted by Gasteiger charge is 2.03. The number of nitrogens with zero attached hydrogens (tertiary/aromatic N) is 4. The number of aryl methyl sites for hydroxylation is 1. The predicted octanol–water partition coefficient (Wildman–Crippen LogP) is 7.65. The Labute approximate surface area is 202 Å². The first-order valence-electron chi connectivity index (χ1n) is 11.8. The van der Waals surface area contributed by atoms with Gasteiger partial charge < -0.3 is 0 Å². The fourth-order valence-corrected chi connectivity index (χ4v) is 3.29. The summed E-state index contributed by atoms with van der Waals surface area (Å²) in [6.07, 6.45) is 17.2. The van der Waals surface area contributed by atoms with Gasteiger partial charge in [-0.3, -0.25) is 4.99 Å². The molecule has 0 amide bonds. The van der Waals surface area contributed by atoms with Gasteiger partial charge in [0.1, 0.15) is 0 Å². The summed E-state index contributed by atoms with van der Waals surface area (Å²) in [4.78, 5) is 18.7. The van der Waals surface area contributed by atoms with Crippen molar-refractivity contribution in [2.24, 2.45) is 25.9 Å². The molecule has 4 heteroatoms. The molecule has 2 aromatic rings. The Balaban J connectivity index is 1.37. The lowest BCUT2D eigenvalue weighted by Crippen LogP contribution is -2.04. The van der Waals surface area contributed by atoms with E-state index < -0.39 is 0 Å². The maximum absolute atomic E-state index is 4.71. The lowest BCUT2D eigenvalue weighted by atomic mass is 10.1. The van der Waals surface area contributed by atoms with E-state index in [4.69, 9.17) is 9.98 Å². The van der Waals surface area contributed by atoms with Crippen LogP contribution in [0.25, 0.3) is 0 Å². The minimum absolute atomic E-state index is 0.611. The van der Waals surface area contributed by atoms with Crippen LogP contribution < -0.4 is 0 Å². The monoisotopic (exact) mass is 446 g/mol. The second kappa shape index (κ2) is 11.3. The molecule has 4 nitrogen and oxygen atoms in total. The van der Waals surface area contributed by atoms with Crippen LogP contribution >= 0.6 is 0 Å². The minimum atomic E-state index is 0.611. The van der Waals surface area contributed by atoms with Crippen LogP contribution in [0.3, 0.4) is 0 Å². The normalized spacial score (nSPS) is 15.5. The van der Waals surface area contributed by atoms with E-state index in [1.54, 1.807) is 0 Å². The van der Waals surface area contributed by atoms with Gasteiger partial charge in [-0.05, 0) is 97.8 Å². The molecule has 0 aliphatic heterocycles. The first-order chi connectivity index (χ1) is 16.6. The standard InChI is InChI=1S/C30H30N4/c1-4-22(2)21-31-24-9-11-26(12-10-24)33-28-17-19-30(20-18-28)34-29-15-13-27(14-16-29)32-25-7-5-23(3)6-8-25/h5-20,22H,4,21H2,1-3H3. The first-order valence-corrected chi connectivity index (χ1v) is 11.8. The van der Waals surface area contributed by atoms with Gasteiger partial charge in [0.05, 0.1) is 39.9 Å². The molecule has 170 valence electrons. The van der Waals surface area contributed by atoms with E-state index in [1.165, 1.54) is 5.56 Å². The third-order valence-electron chi connectivity index (χ3n) is 5.64. The SMILES string of the molecule is CCC(C)CN=C1C=CC(=Nc2ccc(N=C3C=CC(=Nc4ccc(C)cc4)C=C3)cc2)C=C1. The van der Waals surface area contributed by atoms with Crippen molar-refractivity contribution in [2.45, 2.75) is 27.2 Å². The summed E-state index contributed by atoms with van der Waals surface area (Å²) in [5, 5.41) is 0. The van der Waals surface area contributed by atoms with Gasteiger partial charge in [-0.15, -0.1) is 0 Å². The zero-order valence-corrected chi connectivity index (χ0v) is 20.0. The molecule has 0 saturated carbocycles. The minimum Gasteiger partial charge on any atom is -0.285 e. The van der Waals surface area contributed by atoms with Crippen molar-refractivity contribution in [2.75, 3.05) is 6.54 Å². The average molecular weight is 447 g/mol. The molecule has 1 unspecified atom stereocenters. The van der Waals surface area contributed by atoms with E-state index in [-0.39, 0.29) is 0 Å². The van der Waals surface area contributed by atoms with Crippen LogP contribution in [0, 0.1) is 12.8 Å². The molecule has 0 heterocycles. The molecule has 0 saturated heterocycles. The fourth-order valence-electron chi connectivity index (χ4n) is 3.29. The molecular weight excluding hydrogens is 416 g/mol. The number of aliphatic imine (C=N–C) groups is 4. The fraction of sp³-hybridized carbons (Fsp3) is 0.200. The highest BCUT2D eigenvalue weighted by molar-refractivity contribution is 6.20. The third kappa shape index (κ3) is 6.79. The Kier molecular flexibility index (Phi) is 7.71. The van der Waals surface area contributed by atoms with Gasteiger partial charge >= 0.3 is 0 Å². The van der Waals surface area contributed by atoms with Crippen molar-refractivity contribution < 1.29 is 0 Å². The molecule has 4 rings (SSSR count). The Morgan fingerprint density at radius 1 is 0.559 bits per heavy atom. The van der Waals surface area contributed by atoms with E-state index in [9.17, 15) is 0 Å². The van der Waals surface area contributed by atoms with Crippen LogP contribution in [0.1, 0.15) is 25.8 Å². The zero-order valence-electron chi connectivity index (χ0n) is 20.0. The number of allylic oxidation sites excluding steroid dienone is 8. The molecule has 0 N–H and O–H groups in total. The Hall–Kier alpha value is -3.92.